The van der Waals surface area contributed by atoms with E-state index in [2.05, 4.69) is 10.2 Å². The highest BCUT2D eigenvalue weighted by Gasteiger charge is 2.32. The molecule has 1 aliphatic rings. The Hall–Kier alpha value is -2.37. The van der Waals surface area contributed by atoms with Gasteiger partial charge in [0.1, 0.15) is 28.2 Å². The van der Waals surface area contributed by atoms with Gasteiger partial charge in [0.25, 0.3) is 0 Å². The van der Waals surface area contributed by atoms with Crippen LogP contribution in [0, 0.1) is 6.92 Å². The third-order valence-corrected chi connectivity index (χ3v) is 4.94. The molecule has 138 valence electrons. The smallest absolute Gasteiger partial charge is 0.451 e. The number of anilines is 1. The maximum absolute atomic E-state index is 11.5. The molecule has 1 aliphatic heterocycles. The molecular formula is C15H18BN3O6S. The van der Waals surface area contributed by atoms with Crippen LogP contribution in [0.5, 0.6) is 11.5 Å². The standard InChI is InChI=1S/C15H18BN3O6S/c1-8-17-18-15(26-8)19-6-10(7-19)25-11-3-2-9(4-5-16(23)24)13(20)12(11)14(21)22/h2-3,10,20,23-24H,4-7H2,1H3,(H,21,22). The minimum atomic E-state index is -1.52. The normalized spacial score (nSPS) is 14.2. The number of carbonyl (C=O) groups is 1. The Morgan fingerprint density at radius 1 is 1.38 bits per heavy atom. The van der Waals surface area contributed by atoms with Gasteiger partial charge in [-0.15, -0.1) is 10.2 Å². The molecule has 1 aromatic heterocycles. The topological polar surface area (TPSA) is 136 Å². The van der Waals surface area contributed by atoms with E-state index in [0.717, 1.165) is 10.1 Å². The molecule has 0 atom stereocenters. The van der Waals surface area contributed by atoms with Gasteiger partial charge in [-0.05, 0) is 31.3 Å². The van der Waals surface area contributed by atoms with Crippen LogP contribution in [0.1, 0.15) is 20.9 Å². The number of carboxylic acid groups (broad SMARTS) is 1. The van der Waals surface area contributed by atoms with Gasteiger partial charge in [0.2, 0.25) is 5.13 Å². The van der Waals surface area contributed by atoms with Crippen molar-refractivity contribution in [2.45, 2.75) is 25.8 Å². The summed E-state index contributed by atoms with van der Waals surface area (Å²) in [6.45, 7) is 2.97. The van der Waals surface area contributed by atoms with Gasteiger partial charge in [-0.2, -0.15) is 0 Å². The molecule has 0 spiro atoms. The molecule has 1 fully saturated rings. The summed E-state index contributed by atoms with van der Waals surface area (Å²) in [7, 11) is -1.52. The quantitative estimate of drug-likeness (QED) is 0.508. The van der Waals surface area contributed by atoms with Crippen LogP contribution in [-0.4, -0.2) is 62.7 Å². The average molecular weight is 379 g/mol. The zero-order valence-corrected chi connectivity index (χ0v) is 14.8. The molecule has 0 aliphatic carbocycles. The molecule has 4 N–H and O–H groups in total. The predicted octanol–water partition coefficient (Wildman–Crippen LogP) is 0.533. The average Bonchev–Trinajstić information content (AvgIpc) is 2.94. The maximum Gasteiger partial charge on any atom is 0.451 e. The number of benzene rings is 1. The number of aryl methyl sites for hydroxylation is 2. The minimum Gasteiger partial charge on any atom is -0.507 e. The summed E-state index contributed by atoms with van der Waals surface area (Å²) in [6.07, 6.45) is -0.0922. The first-order valence-electron chi connectivity index (χ1n) is 8.01. The molecule has 11 heteroatoms. The lowest BCUT2D eigenvalue weighted by molar-refractivity contribution is 0.0683. The SMILES string of the molecule is Cc1nnc(N2CC(Oc3ccc(CCB(O)O)c(O)c3C(=O)O)C2)s1. The number of carboxylic acids is 1. The number of aromatic nitrogens is 2. The van der Waals surface area contributed by atoms with Crippen molar-refractivity contribution in [2.24, 2.45) is 0 Å². The number of hydrogen-bond acceptors (Lipinski definition) is 9. The molecule has 0 unspecified atom stereocenters. The lowest BCUT2D eigenvalue weighted by Crippen LogP contribution is -2.54. The molecule has 1 saturated heterocycles. The molecule has 9 nitrogen and oxygen atoms in total. The van der Waals surface area contributed by atoms with Crippen LogP contribution in [0.15, 0.2) is 12.1 Å². The first-order valence-corrected chi connectivity index (χ1v) is 8.82. The highest BCUT2D eigenvalue weighted by atomic mass is 32.1. The highest BCUT2D eigenvalue weighted by Crippen LogP contribution is 2.34. The van der Waals surface area contributed by atoms with Crippen LogP contribution in [0.25, 0.3) is 0 Å². The van der Waals surface area contributed by atoms with E-state index in [1.54, 1.807) is 0 Å². The molecule has 2 aromatic rings. The summed E-state index contributed by atoms with van der Waals surface area (Å²) in [6, 6.07) is 3.02. The van der Waals surface area contributed by atoms with Crippen LogP contribution >= 0.6 is 11.3 Å². The minimum absolute atomic E-state index is 0.00826. The summed E-state index contributed by atoms with van der Waals surface area (Å²) in [4.78, 5) is 13.5. The van der Waals surface area contributed by atoms with Crippen molar-refractivity contribution < 1.29 is 29.8 Å². The summed E-state index contributed by atoms with van der Waals surface area (Å²) in [5, 5.41) is 47.2. The zero-order chi connectivity index (χ0) is 18.8. The molecule has 3 rings (SSSR count). The Morgan fingerprint density at radius 3 is 2.69 bits per heavy atom. The number of nitrogens with zero attached hydrogens (tertiary/aromatic N) is 3. The van der Waals surface area contributed by atoms with Crippen LogP contribution in [0.4, 0.5) is 5.13 Å². The number of rotatable bonds is 7. The lowest BCUT2D eigenvalue weighted by atomic mass is 9.82. The van der Waals surface area contributed by atoms with E-state index in [0.29, 0.717) is 18.7 Å². The van der Waals surface area contributed by atoms with Crippen molar-refractivity contribution in [3.63, 3.8) is 0 Å². The van der Waals surface area contributed by atoms with Crippen LogP contribution in [0.2, 0.25) is 6.32 Å². The van der Waals surface area contributed by atoms with E-state index in [1.165, 1.54) is 23.5 Å². The molecular weight excluding hydrogens is 361 g/mol. The summed E-state index contributed by atoms with van der Waals surface area (Å²) < 4.78 is 5.74. The van der Waals surface area contributed by atoms with E-state index < -0.39 is 18.8 Å². The highest BCUT2D eigenvalue weighted by molar-refractivity contribution is 7.15. The Balaban J connectivity index is 1.70. The second-order valence-corrected chi connectivity index (χ2v) is 7.18. The van der Waals surface area contributed by atoms with Crippen LogP contribution in [-0.2, 0) is 6.42 Å². The van der Waals surface area contributed by atoms with Crippen molar-refractivity contribution >= 4 is 29.6 Å². The van der Waals surface area contributed by atoms with Crippen LogP contribution < -0.4 is 9.64 Å². The van der Waals surface area contributed by atoms with E-state index in [1.807, 2.05) is 11.8 Å². The number of aromatic carboxylic acids is 1. The first-order chi connectivity index (χ1) is 12.3. The molecule has 2 heterocycles. The number of ether oxygens (including phenoxy) is 1. The Bertz CT molecular complexity index is 809. The van der Waals surface area contributed by atoms with E-state index in [-0.39, 0.29) is 30.2 Å². The van der Waals surface area contributed by atoms with Gasteiger partial charge in [0, 0.05) is 0 Å². The Labute approximate surface area is 153 Å². The fraction of sp³-hybridized carbons (Fsp3) is 0.400. The summed E-state index contributed by atoms with van der Waals surface area (Å²) in [5.74, 6) is -1.63. The maximum atomic E-state index is 11.5. The molecule has 0 saturated carbocycles. The van der Waals surface area contributed by atoms with Crippen molar-refractivity contribution in [3.05, 3.63) is 28.3 Å². The van der Waals surface area contributed by atoms with Crippen molar-refractivity contribution in [3.8, 4) is 11.5 Å². The van der Waals surface area contributed by atoms with E-state index >= 15 is 0 Å². The summed E-state index contributed by atoms with van der Waals surface area (Å²) >= 11 is 1.47. The molecule has 0 bridgehead atoms. The van der Waals surface area contributed by atoms with E-state index in [9.17, 15) is 15.0 Å². The third kappa shape index (κ3) is 3.89. The van der Waals surface area contributed by atoms with E-state index in [4.69, 9.17) is 14.8 Å². The summed E-state index contributed by atoms with van der Waals surface area (Å²) in [5.41, 5.74) is 0.00237. The Morgan fingerprint density at radius 2 is 2.12 bits per heavy atom. The number of hydrogen-bond donors (Lipinski definition) is 4. The van der Waals surface area contributed by atoms with Gasteiger partial charge in [-0.3, -0.25) is 0 Å². The van der Waals surface area contributed by atoms with Crippen molar-refractivity contribution in [1.29, 1.82) is 0 Å². The zero-order valence-electron chi connectivity index (χ0n) is 14.0. The lowest BCUT2D eigenvalue weighted by Gasteiger charge is -2.38. The second-order valence-electron chi connectivity index (χ2n) is 6.02. The number of phenols is 1. The van der Waals surface area contributed by atoms with Gasteiger partial charge >= 0.3 is 13.1 Å². The third-order valence-electron chi connectivity index (χ3n) is 4.04. The molecule has 1 aromatic carbocycles. The van der Waals surface area contributed by atoms with Gasteiger partial charge in [-0.1, -0.05) is 17.4 Å². The van der Waals surface area contributed by atoms with Gasteiger partial charge in [-0.25, -0.2) is 4.79 Å². The molecule has 0 radical (unpaired) electrons. The monoisotopic (exact) mass is 379 g/mol. The predicted molar refractivity (Wildman–Crippen MR) is 95.0 cm³/mol. The Kier molecular flexibility index (Phi) is 5.30. The van der Waals surface area contributed by atoms with Gasteiger partial charge in [0.15, 0.2) is 0 Å². The fourth-order valence-corrected chi connectivity index (χ4v) is 3.38. The van der Waals surface area contributed by atoms with Gasteiger partial charge < -0.3 is 29.9 Å². The first kappa shape index (κ1) is 18.4. The second kappa shape index (κ2) is 7.48. The molecule has 0 amide bonds. The largest absolute Gasteiger partial charge is 0.507 e. The van der Waals surface area contributed by atoms with Crippen LogP contribution in [0.3, 0.4) is 0 Å². The molecule has 26 heavy (non-hydrogen) atoms. The fourth-order valence-electron chi connectivity index (χ4n) is 2.67. The van der Waals surface area contributed by atoms with Gasteiger partial charge in [0.05, 0.1) is 13.1 Å². The van der Waals surface area contributed by atoms with Crippen molar-refractivity contribution in [1.82, 2.24) is 10.2 Å². The number of aromatic hydroxyl groups is 1. The van der Waals surface area contributed by atoms with Crippen molar-refractivity contribution in [2.75, 3.05) is 18.0 Å².